The van der Waals surface area contributed by atoms with E-state index < -0.39 is 0 Å². The van der Waals surface area contributed by atoms with E-state index in [4.69, 9.17) is 0 Å². The number of fused-ring (bicyclic) bond motifs is 1. The van der Waals surface area contributed by atoms with E-state index in [1.54, 1.807) is 22.8 Å². The third kappa shape index (κ3) is 2.45. The van der Waals surface area contributed by atoms with Crippen LogP contribution in [-0.2, 0) is 6.61 Å². The summed E-state index contributed by atoms with van der Waals surface area (Å²) < 4.78 is 15.2. The van der Waals surface area contributed by atoms with Crippen molar-refractivity contribution in [1.29, 1.82) is 0 Å². The predicted molar refractivity (Wildman–Crippen MR) is 84.6 cm³/mol. The van der Waals surface area contributed by atoms with Gasteiger partial charge in [-0.1, -0.05) is 12.1 Å². The van der Waals surface area contributed by atoms with Gasteiger partial charge in [-0.15, -0.1) is 5.10 Å². The molecule has 3 heterocycles. The molecule has 1 saturated heterocycles. The molecule has 0 radical (unpaired) electrons. The topological polar surface area (TPSA) is 53.7 Å². The van der Waals surface area contributed by atoms with Crippen LogP contribution in [0.4, 0.5) is 10.2 Å². The van der Waals surface area contributed by atoms with E-state index in [0.717, 1.165) is 30.8 Å². The van der Waals surface area contributed by atoms with Gasteiger partial charge in [-0.3, -0.25) is 0 Å². The van der Waals surface area contributed by atoms with E-state index in [0.29, 0.717) is 11.3 Å². The molecule has 1 atom stereocenters. The van der Waals surface area contributed by atoms with Crippen LogP contribution in [0, 0.1) is 5.82 Å². The van der Waals surface area contributed by atoms with Crippen molar-refractivity contribution in [2.24, 2.45) is 0 Å². The van der Waals surface area contributed by atoms with Crippen molar-refractivity contribution in [2.45, 2.75) is 25.5 Å². The lowest BCUT2D eigenvalue weighted by Gasteiger charge is -2.26. The molecule has 1 N–H and O–H groups in total. The molecule has 0 aliphatic carbocycles. The number of halogens is 1. The molecule has 4 rings (SSSR count). The highest BCUT2D eigenvalue weighted by Crippen LogP contribution is 2.35. The van der Waals surface area contributed by atoms with E-state index >= 15 is 0 Å². The first-order chi connectivity index (χ1) is 11.3. The minimum Gasteiger partial charge on any atom is -0.390 e. The zero-order valence-electron chi connectivity index (χ0n) is 12.6. The van der Waals surface area contributed by atoms with Gasteiger partial charge in [0.2, 0.25) is 0 Å². The predicted octanol–water partition coefficient (Wildman–Crippen LogP) is 2.70. The molecule has 1 unspecified atom stereocenters. The maximum atomic E-state index is 13.5. The minimum atomic E-state index is -0.213. The highest BCUT2D eigenvalue weighted by Gasteiger charge is 2.27. The van der Waals surface area contributed by atoms with Gasteiger partial charge in [-0.25, -0.2) is 13.9 Å². The van der Waals surface area contributed by atoms with Gasteiger partial charge in [-0.05, 0) is 42.7 Å². The summed E-state index contributed by atoms with van der Waals surface area (Å²) in [5.41, 5.74) is 2.33. The zero-order valence-corrected chi connectivity index (χ0v) is 12.6. The second-order valence-corrected chi connectivity index (χ2v) is 5.78. The monoisotopic (exact) mass is 312 g/mol. The Labute approximate surface area is 133 Å². The summed E-state index contributed by atoms with van der Waals surface area (Å²) in [6.07, 6.45) is 3.64. The molecule has 1 fully saturated rings. The van der Waals surface area contributed by atoms with Crippen molar-refractivity contribution in [3.8, 4) is 0 Å². The van der Waals surface area contributed by atoms with Gasteiger partial charge in [0.1, 0.15) is 11.6 Å². The standard InChI is InChI=1S/C17H17FN4O/c18-13-4-1-3-12(9-13)15-5-2-8-21(15)17-7-6-16-19-10-14(11-23)22(16)20-17/h1,3-4,6-7,9-10,15,23H,2,5,8,11H2. The SMILES string of the molecule is OCc1cnc2ccc(N3CCCC3c3cccc(F)c3)nn12. The number of aromatic nitrogens is 3. The fourth-order valence-electron chi connectivity index (χ4n) is 3.27. The number of nitrogens with zero attached hydrogens (tertiary/aromatic N) is 4. The summed E-state index contributed by atoms with van der Waals surface area (Å²) in [5.74, 6) is 0.604. The largest absolute Gasteiger partial charge is 0.390 e. The van der Waals surface area contributed by atoms with Crippen molar-refractivity contribution in [3.63, 3.8) is 0 Å². The summed E-state index contributed by atoms with van der Waals surface area (Å²) in [6.45, 7) is 0.772. The molecule has 0 bridgehead atoms. The van der Waals surface area contributed by atoms with Gasteiger partial charge in [0.25, 0.3) is 0 Å². The van der Waals surface area contributed by atoms with Crippen LogP contribution in [0.3, 0.4) is 0 Å². The Kier molecular flexibility index (Phi) is 3.46. The molecular weight excluding hydrogens is 295 g/mol. The summed E-state index contributed by atoms with van der Waals surface area (Å²) >= 11 is 0. The van der Waals surface area contributed by atoms with Gasteiger partial charge in [0.05, 0.1) is 24.5 Å². The van der Waals surface area contributed by atoms with Crippen LogP contribution in [0.2, 0.25) is 0 Å². The Bertz CT molecular complexity index is 847. The molecule has 1 aromatic carbocycles. The van der Waals surface area contributed by atoms with Crippen LogP contribution in [-0.4, -0.2) is 26.2 Å². The number of imidazole rings is 1. The number of hydrogen-bond donors (Lipinski definition) is 1. The lowest BCUT2D eigenvalue weighted by Crippen LogP contribution is -2.24. The van der Waals surface area contributed by atoms with Crippen LogP contribution < -0.4 is 4.90 Å². The Morgan fingerprint density at radius 2 is 2.17 bits per heavy atom. The van der Waals surface area contributed by atoms with Crippen LogP contribution in [0.15, 0.2) is 42.6 Å². The van der Waals surface area contributed by atoms with Crippen molar-refractivity contribution >= 4 is 11.5 Å². The maximum Gasteiger partial charge on any atom is 0.154 e. The first-order valence-corrected chi connectivity index (χ1v) is 7.73. The fourth-order valence-corrected chi connectivity index (χ4v) is 3.27. The van der Waals surface area contributed by atoms with E-state index in [1.807, 2.05) is 18.2 Å². The van der Waals surface area contributed by atoms with Gasteiger partial charge in [0, 0.05) is 6.54 Å². The Morgan fingerprint density at radius 3 is 3.00 bits per heavy atom. The van der Waals surface area contributed by atoms with Gasteiger partial charge in [-0.2, -0.15) is 0 Å². The molecule has 0 spiro atoms. The molecule has 0 saturated carbocycles. The van der Waals surface area contributed by atoms with Crippen molar-refractivity contribution in [2.75, 3.05) is 11.4 Å². The number of aliphatic hydroxyl groups excluding tert-OH is 1. The second-order valence-electron chi connectivity index (χ2n) is 5.78. The zero-order chi connectivity index (χ0) is 15.8. The first-order valence-electron chi connectivity index (χ1n) is 7.73. The number of rotatable bonds is 3. The van der Waals surface area contributed by atoms with Crippen LogP contribution >= 0.6 is 0 Å². The average Bonchev–Trinajstić information content (AvgIpc) is 3.21. The first kappa shape index (κ1) is 14.1. The van der Waals surface area contributed by atoms with Crippen LogP contribution in [0.5, 0.6) is 0 Å². The molecule has 118 valence electrons. The average molecular weight is 312 g/mol. The molecule has 5 nitrogen and oxygen atoms in total. The Morgan fingerprint density at radius 1 is 1.26 bits per heavy atom. The van der Waals surface area contributed by atoms with Crippen molar-refractivity contribution < 1.29 is 9.50 Å². The highest BCUT2D eigenvalue weighted by molar-refractivity contribution is 5.49. The highest BCUT2D eigenvalue weighted by atomic mass is 19.1. The van der Waals surface area contributed by atoms with Crippen LogP contribution in [0.1, 0.15) is 30.1 Å². The minimum absolute atomic E-state index is 0.106. The third-order valence-corrected chi connectivity index (χ3v) is 4.36. The molecule has 1 aliphatic heterocycles. The van der Waals surface area contributed by atoms with Crippen molar-refractivity contribution in [1.82, 2.24) is 14.6 Å². The smallest absolute Gasteiger partial charge is 0.154 e. The summed E-state index contributed by atoms with van der Waals surface area (Å²) in [4.78, 5) is 6.41. The molecule has 3 aromatic rings. The molecule has 23 heavy (non-hydrogen) atoms. The van der Waals surface area contributed by atoms with Gasteiger partial charge >= 0.3 is 0 Å². The van der Waals surface area contributed by atoms with E-state index in [2.05, 4.69) is 15.0 Å². The van der Waals surface area contributed by atoms with Crippen molar-refractivity contribution in [3.05, 3.63) is 59.7 Å². The van der Waals surface area contributed by atoms with Gasteiger partial charge < -0.3 is 10.0 Å². The number of benzene rings is 1. The number of aliphatic hydroxyl groups is 1. The lowest BCUT2D eigenvalue weighted by molar-refractivity contribution is 0.274. The quantitative estimate of drug-likeness (QED) is 0.808. The maximum absolute atomic E-state index is 13.5. The Balaban J connectivity index is 1.73. The summed E-state index contributed by atoms with van der Waals surface area (Å²) in [6, 6.07) is 10.7. The Hall–Kier alpha value is -2.47. The normalized spacial score (nSPS) is 18.0. The van der Waals surface area contributed by atoms with E-state index in [1.165, 1.54) is 6.07 Å². The van der Waals surface area contributed by atoms with E-state index in [9.17, 15) is 9.50 Å². The molecule has 2 aromatic heterocycles. The number of hydrogen-bond acceptors (Lipinski definition) is 4. The molecule has 6 heteroatoms. The molecule has 1 aliphatic rings. The molecular formula is C17H17FN4O. The van der Waals surface area contributed by atoms with Crippen LogP contribution in [0.25, 0.3) is 5.65 Å². The fraction of sp³-hybridized carbons (Fsp3) is 0.294. The second kappa shape index (κ2) is 5.62. The summed E-state index contributed by atoms with van der Waals surface area (Å²) in [7, 11) is 0. The van der Waals surface area contributed by atoms with E-state index in [-0.39, 0.29) is 18.5 Å². The van der Waals surface area contributed by atoms with Gasteiger partial charge in [0.15, 0.2) is 5.65 Å². The number of anilines is 1. The summed E-state index contributed by atoms with van der Waals surface area (Å²) in [5, 5.41) is 14.0. The molecule has 0 amide bonds. The third-order valence-electron chi connectivity index (χ3n) is 4.36. The lowest BCUT2D eigenvalue weighted by atomic mass is 10.0.